The fourth-order valence-electron chi connectivity index (χ4n) is 3.36. The summed E-state index contributed by atoms with van der Waals surface area (Å²) in [6, 6.07) is 0. The minimum absolute atomic E-state index is 0. The van der Waals surface area contributed by atoms with Gasteiger partial charge in [-0.25, -0.2) is 0 Å². The van der Waals surface area contributed by atoms with Gasteiger partial charge in [0.2, 0.25) is 0 Å². The highest BCUT2D eigenvalue weighted by Crippen LogP contribution is 2.54. The van der Waals surface area contributed by atoms with Crippen LogP contribution in [0, 0.1) is 5.41 Å². The van der Waals surface area contributed by atoms with Crippen molar-refractivity contribution in [3.8, 4) is 0 Å². The molecule has 0 unspecified atom stereocenters. The Kier molecular flexibility index (Phi) is 3.91. The number of ether oxygens (including phenoxy) is 1. The standard InChI is InChI=1S/C12H21NO2.ClH/c1-13(2)12-7-4-11(5-8-12,6-9-12)10(14)15-3;/h4-9H2,1-3H3;1H. The summed E-state index contributed by atoms with van der Waals surface area (Å²) in [7, 11) is 5.84. The number of fused-ring (bicyclic) bond motifs is 3. The van der Waals surface area contributed by atoms with Crippen LogP contribution < -0.4 is 0 Å². The van der Waals surface area contributed by atoms with Gasteiger partial charge < -0.3 is 9.64 Å². The second-order valence-corrected chi connectivity index (χ2v) is 5.39. The first-order valence-corrected chi connectivity index (χ1v) is 5.81. The van der Waals surface area contributed by atoms with Crippen LogP contribution in [0.3, 0.4) is 0 Å². The maximum absolute atomic E-state index is 11.8. The Labute approximate surface area is 104 Å². The van der Waals surface area contributed by atoms with E-state index in [1.165, 1.54) is 7.11 Å². The van der Waals surface area contributed by atoms with E-state index in [9.17, 15) is 4.79 Å². The molecular weight excluding hydrogens is 226 g/mol. The molecule has 0 spiro atoms. The first-order chi connectivity index (χ1) is 7.05. The number of esters is 1. The predicted octanol–water partition coefficient (Wildman–Crippen LogP) is 2.24. The van der Waals surface area contributed by atoms with Crippen molar-refractivity contribution in [2.24, 2.45) is 5.41 Å². The number of hydrogen-bond acceptors (Lipinski definition) is 3. The molecule has 0 amide bonds. The molecule has 0 atom stereocenters. The van der Waals surface area contributed by atoms with Crippen LogP contribution in [0.25, 0.3) is 0 Å². The van der Waals surface area contributed by atoms with E-state index < -0.39 is 0 Å². The minimum Gasteiger partial charge on any atom is -0.469 e. The van der Waals surface area contributed by atoms with Crippen LogP contribution in [0.1, 0.15) is 38.5 Å². The Morgan fingerprint density at radius 2 is 1.50 bits per heavy atom. The third-order valence-corrected chi connectivity index (χ3v) is 4.77. The van der Waals surface area contributed by atoms with E-state index in [1.807, 2.05) is 0 Å². The molecule has 0 saturated heterocycles. The van der Waals surface area contributed by atoms with Gasteiger partial charge in [-0.2, -0.15) is 0 Å². The Morgan fingerprint density at radius 3 is 1.81 bits per heavy atom. The van der Waals surface area contributed by atoms with Gasteiger partial charge in [-0.05, 0) is 52.6 Å². The van der Waals surface area contributed by atoms with Gasteiger partial charge >= 0.3 is 5.97 Å². The van der Waals surface area contributed by atoms with E-state index in [-0.39, 0.29) is 23.8 Å². The van der Waals surface area contributed by atoms with Crippen LogP contribution >= 0.6 is 12.4 Å². The van der Waals surface area contributed by atoms with Gasteiger partial charge in [-0.1, -0.05) is 0 Å². The molecule has 3 aliphatic carbocycles. The normalized spacial score (nSPS) is 37.0. The lowest BCUT2D eigenvalue weighted by atomic mass is 9.57. The van der Waals surface area contributed by atoms with Crippen molar-refractivity contribution in [1.82, 2.24) is 4.90 Å². The van der Waals surface area contributed by atoms with Crippen LogP contribution in [0.4, 0.5) is 0 Å². The Bertz CT molecular complexity index is 254. The van der Waals surface area contributed by atoms with E-state index in [4.69, 9.17) is 4.74 Å². The molecule has 0 aromatic heterocycles. The predicted molar refractivity (Wildman–Crippen MR) is 65.8 cm³/mol. The summed E-state index contributed by atoms with van der Waals surface area (Å²) in [6.45, 7) is 0. The monoisotopic (exact) mass is 247 g/mol. The molecule has 0 radical (unpaired) electrons. The van der Waals surface area contributed by atoms with Gasteiger partial charge in [0.15, 0.2) is 0 Å². The summed E-state index contributed by atoms with van der Waals surface area (Å²) < 4.78 is 4.95. The van der Waals surface area contributed by atoms with E-state index in [0.29, 0.717) is 5.54 Å². The maximum atomic E-state index is 11.8. The zero-order valence-corrected chi connectivity index (χ0v) is 11.2. The first kappa shape index (κ1) is 13.8. The number of carbonyl (C=O) groups excluding carboxylic acids is 1. The lowest BCUT2D eigenvalue weighted by Crippen LogP contribution is -2.56. The SMILES string of the molecule is COC(=O)C12CCC(N(C)C)(CC1)CC2.Cl. The lowest BCUT2D eigenvalue weighted by Gasteiger charge is -2.54. The second-order valence-electron chi connectivity index (χ2n) is 5.39. The van der Waals surface area contributed by atoms with Crippen LogP contribution in [-0.4, -0.2) is 37.6 Å². The lowest BCUT2D eigenvalue weighted by molar-refractivity contribution is -0.163. The highest BCUT2D eigenvalue weighted by atomic mass is 35.5. The molecule has 3 nitrogen and oxygen atoms in total. The third-order valence-electron chi connectivity index (χ3n) is 4.77. The quantitative estimate of drug-likeness (QED) is 0.701. The van der Waals surface area contributed by atoms with Crippen LogP contribution in [0.5, 0.6) is 0 Å². The molecule has 3 saturated carbocycles. The van der Waals surface area contributed by atoms with E-state index >= 15 is 0 Å². The average molecular weight is 248 g/mol. The molecule has 3 aliphatic rings. The van der Waals surface area contributed by atoms with Crippen molar-refractivity contribution in [3.05, 3.63) is 0 Å². The molecule has 0 aromatic carbocycles. The van der Waals surface area contributed by atoms with E-state index in [0.717, 1.165) is 38.5 Å². The zero-order chi connectivity index (χ0) is 11.1. The Hall–Kier alpha value is -0.280. The number of methoxy groups -OCH3 is 1. The van der Waals surface area contributed by atoms with Crippen molar-refractivity contribution in [1.29, 1.82) is 0 Å². The molecule has 16 heavy (non-hydrogen) atoms. The summed E-state index contributed by atoms with van der Waals surface area (Å²) in [5, 5.41) is 0. The van der Waals surface area contributed by atoms with Gasteiger partial charge in [-0.3, -0.25) is 4.79 Å². The van der Waals surface area contributed by atoms with Gasteiger partial charge in [-0.15, -0.1) is 12.4 Å². The smallest absolute Gasteiger partial charge is 0.311 e. The molecule has 0 aliphatic heterocycles. The highest BCUT2D eigenvalue weighted by Gasteiger charge is 2.53. The van der Waals surface area contributed by atoms with Gasteiger partial charge in [0.1, 0.15) is 0 Å². The molecule has 0 N–H and O–H groups in total. The van der Waals surface area contributed by atoms with Crippen molar-refractivity contribution in [2.75, 3.05) is 21.2 Å². The molecule has 0 heterocycles. The minimum atomic E-state index is -0.132. The van der Waals surface area contributed by atoms with E-state index in [2.05, 4.69) is 19.0 Å². The molecule has 3 fully saturated rings. The average Bonchev–Trinajstić information content (AvgIpc) is 2.30. The molecule has 2 bridgehead atoms. The summed E-state index contributed by atoms with van der Waals surface area (Å²) in [5.74, 6) is 0.0227. The highest BCUT2D eigenvalue weighted by molar-refractivity contribution is 5.85. The van der Waals surface area contributed by atoms with Gasteiger partial charge in [0.05, 0.1) is 12.5 Å². The Morgan fingerprint density at radius 1 is 1.06 bits per heavy atom. The van der Waals surface area contributed by atoms with Crippen LogP contribution in [-0.2, 0) is 9.53 Å². The third kappa shape index (κ3) is 1.84. The molecular formula is C12H22ClNO2. The Balaban J connectivity index is 0.00000128. The first-order valence-electron chi connectivity index (χ1n) is 5.81. The van der Waals surface area contributed by atoms with Crippen LogP contribution in [0.15, 0.2) is 0 Å². The van der Waals surface area contributed by atoms with Crippen molar-refractivity contribution in [3.63, 3.8) is 0 Å². The number of halogens is 1. The van der Waals surface area contributed by atoms with Crippen molar-refractivity contribution < 1.29 is 9.53 Å². The fourth-order valence-corrected chi connectivity index (χ4v) is 3.36. The maximum Gasteiger partial charge on any atom is 0.311 e. The number of nitrogens with zero attached hydrogens (tertiary/aromatic N) is 1. The molecule has 4 heteroatoms. The van der Waals surface area contributed by atoms with Gasteiger partial charge in [0, 0.05) is 5.54 Å². The molecule has 94 valence electrons. The second kappa shape index (κ2) is 4.53. The van der Waals surface area contributed by atoms with Crippen molar-refractivity contribution >= 4 is 18.4 Å². The largest absolute Gasteiger partial charge is 0.469 e. The molecule has 3 rings (SSSR count). The topological polar surface area (TPSA) is 29.5 Å². The summed E-state index contributed by atoms with van der Waals surface area (Å²) in [6.07, 6.45) is 6.48. The van der Waals surface area contributed by atoms with E-state index in [1.54, 1.807) is 0 Å². The molecule has 0 aromatic rings. The summed E-state index contributed by atoms with van der Waals surface area (Å²) in [5.41, 5.74) is 0.238. The summed E-state index contributed by atoms with van der Waals surface area (Å²) >= 11 is 0. The zero-order valence-electron chi connectivity index (χ0n) is 10.4. The number of carbonyl (C=O) groups is 1. The van der Waals surface area contributed by atoms with Crippen molar-refractivity contribution in [2.45, 2.75) is 44.1 Å². The summed E-state index contributed by atoms with van der Waals surface area (Å²) in [4.78, 5) is 14.1. The van der Waals surface area contributed by atoms with Crippen LogP contribution in [0.2, 0.25) is 0 Å². The number of rotatable bonds is 2. The fraction of sp³-hybridized carbons (Fsp3) is 0.917. The van der Waals surface area contributed by atoms with Gasteiger partial charge in [0.25, 0.3) is 0 Å². The number of hydrogen-bond donors (Lipinski definition) is 0.